The van der Waals surface area contributed by atoms with Gasteiger partial charge in [0.15, 0.2) is 12.3 Å². The number of carbonyl (C=O) groups excluding carboxylic acids is 2. The Morgan fingerprint density at radius 3 is 2.25 bits per heavy atom. The van der Waals surface area contributed by atoms with Crippen molar-refractivity contribution in [3.8, 4) is 0 Å². The number of hydrogen-bond acceptors (Lipinski definition) is 14. The van der Waals surface area contributed by atoms with Gasteiger partial charge < -0.3 is 54.5 Å². The molecule has 55 heavy (non-hydrogen) atoms. The predicted octanol–water partition coefficient (Wildman–Crippen LogP) is 0.110. The number of rotatable bonds is 12. The highest BCUT2D eigenvalue weighted by atomic mass is 16.8. The van der Waals surface area contributed by atoms with Crippen molar-refractivity contribution in [1.82, 2.24) is 10.4 Å². The Morgan fingerprint density at radius 1 is 0.891 bits per heavy atom. The molecule has 15 nitrogen and oxygen atoms in total. The molecule has 4 heterocycles. The van der Waals surface area contributed by atoms with Crippen molar-refractivity contribution in [2.75, 3.05) is 26.4 Å². The number of fused-ring (bicyclic) bond motifs is 4. The summed E-state index contributed by atoms with van der Waals surface area (Å²) in [4.78, 5) is 35.2. The first kappa shape index (κ1) is 37.8. The lowest BCUT2D eigenvalue weighted by atomic mass is 9.62. The lowest BCUT2D eigenvalue weighted by Gasteiger charge is -2.48. The Balaban J connectivity index is 1.08. The molecule has 0 aromatic heterocycles. The van der Waals surface area contributed by atoms with E-state index >= 15 is 0 Å². The Labute approximate surface area is 316 Å². The van der Waals surface area contributed by atoms with E-state index in [2.05, 4.69) is 5.32 Å². The molecule has 292 valence electrons. The van der Waals surface area contributed by atoms with Crippen LogP contribution in [0.1, 0.15) is 28.7 Å². The summed E-state index contributed by atoms with van der Waals surface area (Å²) in [5.74, 6) is -2.50. The van der Waals surface area contributed by atoms with Crippen molar-refractivity contribution in [3.05, 3.63) is 113 Å². The topological polar surface area (TPSA) is 206 Å². The van der Waals surface area contributed by atoms with Crippen molar-refractivity contribution in [2.45, 2.75) is 79.9 Å². The van der Waals surface area contributed by atoms with Gasteiger partial charge in [0.2, 0.25) is 11.7 Å². The van der Waals surface area contributed by atoms with Gasteiger partial charge >= 0.3 is 5.97 Å². The molecule has 11 unspecified atom stereocenters. The van der Waals surface area contributed by atoms with Crippen molar-refractivity contribution < 1.29 is 63.6 Å². The summed E-state index contributed by atoms with van der Waals surface area (Å²) < 4.78 is 31.0. The number of esters is 1. The third-order valence-electron chi connectivity index (χ3n) is 11.2. The highest BCUT2D eigenvalue weighted by molar-refractivity contribution is 5.93. The molecule has 0 radical (unpaired) electrons. The fraction of sp³-hybridized carbons (Fsp3) is 0.450. The molecule has 4 aliphatic heterocycles. The summed E-state index contributed by atoms with van der Waals surface area (Å²) in [6.45, 7) is -0.901. The predicted molar refractivity (Wildman–Crippen MR) is 190 cm³/mol. The maximum absolute atomic E-state index is 14.3. The van der Waals surface area contributed by atoms with Gasteiger partial charge in [0.05, 0.1) is 26.4 Å². The van der Waals surface area contributed by atoms with Crippen LogP contribution in [0.4, 0.5) is 0 Å². The molecule has 3 aromatic carbocycles. The normalized spacial score (nSPS) is 35.0. The number of ether oxygens (including phenoxy) is 5. The molecule has 1 aliphatic carbocycles. The molecule has 5 aliphatic rings. The van der Waals surface area contributed by atoms with Gasteiger partial charge in [-0.3, -0.25) is 14.4 Å². The Hall–Kier alpha value is -4.10. The fourth-order valence-corrected chi connectivity index (χ4v) is 8.56. The molecular weight excluding hydrogens is 716 g/mol. The van der Waals surface area contributed by atoms with Gasteiger partial charge in [-0.25, -0.2) is 0 Å². The van der Waals surface area contributed by atoms with E-state index in [0.29, 0.717) is 0 Å². The van der Waals surface area contributed by atoms with E-state index in [1.807, 2.05) is 84.9 Å². The maximum atomic E-state index is 14.3. The number of carbonyl (C=O) groups is 2. The monoisotopic (exact) mass is 760 g/mol. The zero-order valence-electron chi connectivity index (χ0n) is 29.7. The Bertz CT molecular complexity index is 1820. The van der Waals surface area contributed by atoms with Crippen LogP contribution in [0, 0.1) is 5.41 Å². The molecule has 6 N–H and O–H groups in total. The number of hydroxylamine groups is 2. The second kappa shape index (κ2) is 15.4. The average Bonchev–Trinajstić information content (AvgIpc) is 3.79. The number of nitrogens with one attached hydrogen (secondary N) is 1. The van der Waals surface area contributed by atoms with Crippen LogP contribution in [-0.2, 0) is 50.4 Å². The smallest absolute Gasteiger partial charge is 0.327 e. The van der Waals surface area contributed by atoms with Gasteiger partial charge in [-0.1, -0.05) is 97.1 Å². The summed E-state index contributed by atoms with van der Waals surface area (Å²) in [5.41, 5.74) is 1.45. The maximum Gasteiger partial charge on any atom is 0.327 e. The molecule has 3 aromatic rings. The van der Waals surface area contributed by atoms with Crippen LogP contribution < -0.4 is 5.32 Å². The zero-order valence-corrected chi connectivity index (χ0v) is 29.7. The van der Waals surface area contributed by atoms with E-state index in [4.69, 9.17) is 28.5 Å². The molecule has 2 bridgehead atoms. The van der Waals surface area contributed by atoms with Gasteiger partial charge in [0, 0.05) is 24.1 Å². The minimum absolute atomic E-state index is 0.0258. The van der Waals surface area contributed by atoms with E-state index in [9.17, 15) is 35.1 Å². The number of aliphatic hydroxyl groups is 5. The second-order valence-corrected chi connectivity index (χ2v) is 14.3. The van der Waals surface area contributed by atoms with Gasteiger partial charge in [-0.2, -0.15) is 5.06 Å². The number of nitrogens with zero attached hydrogens (tertiary/aromatic N) is 1. The first-order valence-electron chi connectivity index (χ1n) is 18.4. The molecule has 1 saturated carbocycles. The number of hydrogen-bond donors (Lipinski definition) is 6. The molecule has 15 heteroatoms. The summed E-state index contributed by atoms with van der Waals surface area (Å²) in [6, 6.07) is 25.1. The first-order chi connectivity index (χ1) is 26.7. The van der Waals surface area contributed by atoms with Crippen LogP contribution in [0.3, 0.4) is 0 Å². The molecule has 5 fully saturated rings. The summed E-state index contributed by atoms with van der Waals surface area (Å²) >= 11 is 0. The number of benzene rings is 3. The van der Waals surface area contributed by atoms with Crippen LogP contribution in [0.25, 0.3) is 6.08 Å². The van der Waals surface area contributed by atoms with E-state index in [1.165, 1.54) is 5.06 Å². The SMILES string of the molecule is O=C1OC2CC3(C(=O)NCCO)C(ON(Cc4ccccc4C=CCOC4OC(CO)C(O)C(O)C4O)C13)C1OC(c3ccccc3)(c3ccccc3)OC21. The van der Waals surface area contributed by atoms with Gasteiger partial charge in [-0.15, -0.1) is 0 Å². The lowest BCUT2D eigenvalue weighted by Crippen LogP contribution is -2.69. The van der Waals surface area contributed by atoms with Crippen molar-refractivity contribution >= 4 is 18.0 Å². The second-order valence-electron chi connectivity index (χ2n) is 14.3. The molecule has 0 spiro atoms. The number of aliphatic hydroxyl groups excluding tert-OH is 5. The minimum Gasteiger partial charge on any atom is -0.458 e. The van der Waals surface area contributed by atoms with E-state index < -0.39 is 90.8 Å². The van der Waals surface area contributed by atoms with Crippen molar-refractivity contribution in [1.29, 1.82) is 0 Å². The Kier molecular flexibility index (Phi) is 10.6. The molecular formula is C40H44N2O13. The van der Waals surface area contributed by atoms with E-state index in [0.717, 1.165) is 22.3 Å². The van der Waals surface area contributed by atoms with E-state index in [-0.39, 0.29) is 32.7 Å². The minimum atomic E-state index is -1.56. The standard InChI is InChI=1S/C40H44N2O13/c43-18-17-41-38(49)39-20-27-32-33(54-40(53-32,25-13-3-1-4-14-25)26-15-5-2-6-16-26)35(39)55-42(34(39)36(48)51-27)21-24-11-8-7-10-23(24)12-9-19-50-37-31(47)30(46)29(45)28(22-44)52-37/h1-16,27-35,37,43-47H,17-22H2,(H,41,49). The summed E-state index contributed by atoms with van der Waals surface area (Å²) in [7, 11) is 0. The number of amides is 1. The first-order valence-corrected chi connectivity index (χ1v) is 18.4. The van der Waals surface area contributed by atoms with Crippen LogP contribution in [0.15, 0.2) is 91.0 Å². The van der Waals surface area contributed by atoms with Crippen LogP contribution in [-0.4, -0.2) is 130 Å². The largest absolute Gasteiger partial charge is 0.458 e. The molecule has 8 rings (SSSR count). The highest BCUT2D eigenvalue weighted by Gasteiger charge is 2.76. The van der Waals surface area contributed by atoms with Gasteiger partial charge in [-0.05, 0) is 11.1 Å². The molecule has 4 saturated heterocycles. The lowest BCUT2D eigenvalue weighted by molar-refractivity contribution is -0.298. The van der Waals surface area contributed by atoms with Crippen LogP contribution in [0.5, 0.6) is 0 Å². The summed E-state index contributed by atoms with van der Waals surface area (Å²) in [5, 5.41) is 53.9. The van der Waals surface area contributed by atoms with Crippen molar-refractivity contribution in [2.24, 2.45) is 5.41 Å². The van der Waals surface area contributed by atoms with Gasteiger partial charge in [0.1, 0.15) is 54.2 Å². The van der Waals surface area contributed by atoms with Crippen LogP contribution in [0.2, 0.25) is 0 Å². The Morgan fingerprint density at radius 2 is 1.56 bits per heavy atom. The van der Waals surface area contributed by atoms with Crippen LogP contribution >= 0.6 is 0 Å². The zero-order chi connectivity index (χ0) is 38.3. The fourth-order valence-electron chi connectivity index (χ4n) is 8.56. The van der Waals surface area contributed by atoms with Gasteiger partial charge in [0.25, 0.3) is 0 Å². The highest BCUT2D eigenvalue weighted by Crippen LogP contribution is 2.59. The quantitative estimate of drug-likeness (QED) is 0.136. The summed E-state index contributed by atoms with van der Waals surface area (Å²) in [6.07, 6.45) is -6.91. The van der Waals surface area contributed by atoms with E-state index in [1.54, 1.807) is 12.2 Å². The molecule has 11 atom stereocenters. The average molecular weight is 761 g/mol. The molecule has 1 amide bonds. The third kappa shape index (κ3) is 6.48. The van der Waals surface area contributed by atoms with Crippen molar-refractivity contribution in [3.63, 3.8) is 0 Å². The third-order valence-corrected chi connectivity index (χ3v) is 11.2.